The molecule has 1 aromatic carbocycles. The summed E-state index contributed by atoms with van der Waals surface area (Å²) in [4.78, 5) is 0. The lowest BCUT2D eigenvalue weighted by Gasteiger charge is -2.19. The average molecular weight is 288 g/mol. The van der Waals surface area contributed by atoms with Gasteiger partial charge in [0, 0.05) is 6.04 Å². The summed E-state index contributed by atoms with van der Waals surface area (Å²) in [6.07, 6.45) is 5.79. The van der Waals surface area contributed by atoms with Gasteiger partial charge >= 0.3 is 0 Å². The minimum Gasteiger partial charge on any atom is -0.314 e. The van der Waals surface area contributed by atoms with E-state index in [1.165, 1.54) is 19.3 Å². The van der Waals surface area contributed by atoms with Gasteiger partial charge in [0.25, 0.3) is 0 Å². The molecule has 0 radical (unpaired) electrons. The fraction of sp³-hybridized carbons (Fsp3) is 0.600. The fourth-order valence-electron chi connectivity index (χ4n) is 2.05. The van der Waals surface area contributed by atoms with Crippen LogP contribution in [0, 0.1) is 0 Å². The monoisotopic (exact) mass is 287 g/mol. The minimum absolute atomic E-state index is 0.501. The molecule has 1 nitrogen and oxygen atoms in total. The molecule has 0 fully saturated rings. The second-order valence-electron chi connectivity index (χ2n) is 4.71. The highest BCUT2D eigenvalue weighted by atomic mass is 35.5. The second-order valence-corrected chi connectivity index (χ2v) is 5.50. The van der Waals surface area contributed by atoms with E-state index in [4.69, 9.17) is 23.2 Å². The van der Waals surface area contributed by atoms with E-state index >= 15 is 0 Å². The largest absolute Gasteiger partial charge is 0.314 e. The van der Waals surface area contributed by atoms with Gasteiger partial charge in [0.05, 0.1) is 10.0 Å². The Kier molecular flexibility index (Phi) is 7.73. The van der Waals surface area contributed by atoms with Crippen molar-refractivity contribution in [3.8, 4) is 0 Å². The van der Waals surface area contributed by atoms with Crippen molar-refractivity contribution < 1.29 is 0 Å². The van der Waals surface area contributed by atoms with Crippen LogP contribution in [0.4, 0.5) is 0 Å². The Morgan fingerprint density at radius 2 is 1.94 bits per heavy atom. The van der Waals surface area contributed by atoms with Gasteiger partial charge in [-0.2, -0.15) is 0 Å². The fourth-order valence-corrected chi connectivity index (χ4v) is 2.44. The lowest BCUT2D eigenvalue weighted by atomic mass is 10.0. The minimum atomic E-state index is 0.501. The Labute approximate surface area is 121 Å². The molecule has 0 aliphatic carbocycles. The average Bonchev–Trinajstić information content (AvgIpc) is 2.38. The first-order chi connectivity index (χ1) is 8.69. The first-order valence-corrected chi connectivity index (χ1v) is 7.60. The number of halogens is 2. The van der Waals surface area contributed by atoms with E-state index in [-0.39, 0.29) is 0 Å². The van der Waals surface area contributed by atoms with Crippen LogP contribution in [0.5, 0.6) is 0 Å². The summed E-state index contributed by atoms with van der Waals surface area (Å²) in [5, 5.41) is 4.96. The third-order valence-corrected chi connectivity index (χ3v) is 3.95. The molecule has 1 atom stereocenters. The Balaban J connectivity index is 2.65. The van der Waals surface area contributed by atoms with Crippen LogP contribution >= 0.6 is 23.2 Å². The van der Waals surface area contributed by atoms with Gasteiger partial charge in [-0.25, -0.2) is 0 Å². The second kappa shape index (κ2) is 8.79. The summed E-state index contributed by atoms with van der Waals surface area (Å²) in [7, 11) is 0. The molecule has 102 valence electrons. The van der Waals surface area contributed by atoms with E-state index in [2.05, 4.69) is 25.2 Å². The van der Waals surface area contributed by atoms with Gasteiger partial charge in [0.15, 0.2) is 0 Å². The van der Waals surface area contributed by atoms with Gasteiger partial charge in [-0.3, -0.25) is 0 Å². The molecule has 0 spiro atoms. The molecule has 1 N–H and O–H groups in total. The van der Waals surface area contributed by atoms with Crippen molar-refractivity contribution in [1.29, 1.82) is 0 Å². The van der Waals surface area contributed by atoms with E-state index in [0.717, 1.165) is 24.9 Å². The molecule has 1 aromatic rings. The summed E-state index contributed by atoms with van der Waals surface area (Å²) in [5.74, 6) is 0. The molecule has 0 saturated carbocycles. The molecule has 18 heavy (non-hydrogen) atoms. The standard InChI is InChI=1S/C15H23Cl2N/c1-3-5-8-13(18-10-4-2)11-12-7-6-9-14(16)15(12)17/h6-7,9,13,18H,3-5,8,10-11H2,1-2H3. The molecule has 1 rings (SSSR count). The van der Waals surface area contributed by atoms with Gasteiger partial charge in [-0.05, 0) is 37.4 Å². The summed E-state index contributed by atoms with van der Waals surface area (Å²) in [6.45, 7) is 5.48. The first-order valence-electron chi connectivity index (χ1n) is 6.85. The molecular weight excluding hydrogens is 265 g/mol. The van der Waals surface area contributed by atoms with Crippen molar-refractivity contribution in [3.63, 3.8) is 0 Å². The number of hydrogen-bond acceptors (Lipinski definition) is 1. The highest BCUT2D eigenvalue weighted by Crippen LogP contribution is 2.26. The molecule has 0 heterocycles. The van der Waals surface area contributed by atoms with Crippen LogP contribution in [0.2, 0.25) is 10.0 Å². The predicted octanol–water partition coefficient (Wildman–Crippen LogP) is 5.09. The van der Waals surface area contributed by atoms with Crippen LogP contribution in [0.25, 0.3) is 0 Å². The highest BCUT2D eigenvalue weighted by Gasteiger charge is 2.12. The molecule has 1 unspecified atom stereocenters. The summed E-state index contributed by atoms with van der Waals surface area (Å²) < 4.78 is 0. The summed E-state index contributed by atoms with van der Waals surface area (Å²) >= 11 is 12.3. The van der Waals surface area contributed by atoms with Crippen LogP contribution in [-0.4, -0.2) is 12.6 Å². The van der Waals surface area contributed by atoms with Crippen molar-refractivity contribution in [1.82, 2.24) is 5.32 Å². The molecule has 0 saturated heterocycles. The van der Waals surface area contributed by atoms with Crippen LogP contribution < -0.4 is 5.32 Å². The number of nitrogens with one attached hydrogen (secondary N) is 1. The zero-order valence-electron chi connectivity index (χ0n) is 11.3. The lowest BCUT2D eigenvalue weighted by Crippen LogP contribution is -2.31. The Hall–Kier alpha value is -0.240. The van der Waals surface area contributed by atoms with Gasteiger partial charge in [0.2, 0.25) is 0 Å². The number of benzene rings is 1. The van der Waals surface area contributed by atoms with Crippen molar-refractivity contribution in [2.45, 2.75) is 52.0 Å². The zero-order chi connectivity index (χ0) is 13.4. The Bertz CT molecular complexity index is 344. The summed E-state index contributed by atoms with van der Waals surface area (Å²) in [6, 6.07) is 6.38. The quantitative estimate of drug-likeness (QED) is 0.702. The maximum Gasteiger partial charge on any atom is 0.0624 e. The van der Waals surface area contributed by atoms with E-state index < -0.39 is 0 Å². The summed E-state index contributed by atoms with van der Waals surface area (Å²) in [5.41, 5.74) is 1.15. The first kappa shape index (κ1) is 15.8. The van der Waals surface area contributed by atoms with E-state index in [0.29, 0.717) is 16.1 Å². The normalized spacial score (nSPS) is 12.7. The lowest BCUT2D eigenvalue weighted by molar-refractivity contribution is 0.462. The number of hydrogen-bond donors (Lipinski definition) is 1. The molecule has 0 aliphatic heterocycles. The van der Waals surface area contributed by atoms with Gasteiger partial charge in [0.1, 0.15) is 0 Å². The molecule has 0 aromatic heterocycles. The smallest absolute Gasteiger partial charge is 0.0624 e. The maximum absolute atomic E-state index is 6.25. The molecule has 0 amide bonds. The van der Waals surface area contributed by atoms with Gasteiger partial charge in [-0.15, -0.1) is 0 Å². The Morgan fingerprint density at radius 3 is 2.61 bits per heavy atom. The Morgan fingerprint density at radius 1 is 1.17 bits per heavy atom. The van der Waals surface area contributed by atoms with Gasteiger partial charge in [-0.1, -0.05) is 62.0 Å². The zero-order valence-corrected chi connectivity index (χ0v) is 12.8. The van der Waals surface area contributed by atoms with Crippen molar-refractivity contribution in [2.75, 3.05) is 6.54 Å². The van der Waals surface area contributed by atoms with Crippen molar-refractivity contribution in [3.05, 3.63) is 33.8 Å². The van der Waals surface area contributed by atoms with Crippen LogP contribution in [0.3, 0.4) is 0 Å². The number of rotatable bonds is 8. The highest BCUT2D eigenvalue weighted by molar-refractivity contribution is 6.42. The maximum atomic E-state index is 6.25. The third-order valence-electron chi connectivity index (χ3n) is 3.09. The number of unbranched alkanes of at least 4 members (excludes halogenated alkanes) is 1. The van der Waals surface area contributed by atoms with Crippen LogP contribution in [0.1, 0.15) is 45.1 Å². The molecule has 3 heteroatoms. The molecule has 0 bridgehead atoms. The van der Waals surface area contributed by atoms with E-state index in [9.17, 15) is 0 Å². The van der Waals surface area contributed by atoms with Gasteiger partial charge < -0.3 is 5.32 Å². The van der Waals surface area contributed by atoms with Crippen LogP contribution in [-0.2, 0) is 6.42 Å². The topological polar surface area (TPSA) is 12.0 Å². The SMILES string of the molecule is CCCCC(Cc1cccc(Cl)c1Cl)NCCC. The van der Waals surface area contributed by atoms with Crippen LogP contribution in [0.15, 0.2) is 18.2 Å². The molecular formula is C15H23Cl2N. The molecule has 0 aliphatic rings. The predicted molar refractivity (Wildman–Crippen MR) is 81.8 cm³/mol. The van der Waals surface area contributed by atoms with E-state index in [1.807, 2.05) is 12.1 Å². The third kappa shape index (κ3) is 5.17. The van der Waals surface area contributed by atoms with E-state index in [1.54, 1.807) is 0 Å². The van der Waals surface area contributed by atoms with Crippen molar-refractivity contribution in [2.24, 2.45) is 0 Å². The van der Waals surface area contributed by atoms with Crippen molar-refractivity contribution >= 4 is 23.2 Å².